The number of hydrogen-bond acceptors (Lipinski definition) is 4. The largest absolute Gasteiger partial charge is 0.467 e. The lowest BCUT2D eigenvalue weighted by Crippen LogP contribution is -2.62. The summed E-state index contributed by atoms with van der Waals surface area (Å²) in [5, 5.41) is 11.5. The number of rotatable bonds is 4. The lowest BCUT2D eigenvalue weighted by Gasteiger charge is -2.31. The van der Waals surface area contributed by atoms with Gasteiger partial charge in [-0.1, -0.05) is 30.0 Å². The molecule has 0 bridgehead atoms. The molecule has 1 amide bonds. The molecule has 22 heavy (non-hydrogen) atoms. The van der Waals surface area contributed by atoms with Gasteiger partial charge in [0.2, 0.25) is 6.41 Å². The molecule has 0 aliphatic heterocycles. The van der Waals surface area contributed by atoms with Crippen LogP contribution < -0.4 is 5.32 Å². The summed E-state index contributed by atoms with van der Waals surface area (Å²) in [6, 6.07) is 5.14. The van der Waals surface area contributed by atoms with Crippen LogP contribution in [0.15, 0.2) is 30.3 Å². The number of esters is 1. The fourth-order valence-electron chi connectivity index (χ4n) is 1.54. The van der Waals surface area contributed by atoms with Gasteiger partial charge >= 0.3 is 12.1 Å². The highest BCUT2D eigenvalue weighted by atomic mass is 19.4. The van der Waals surface area contributed by atoms with Crippen LogP contribution in [0.3, 0.4) is 0 Å². The van der Waals surface area contributed by atoms with Crippen molar-refractivity contribution >= 4 is 12.4 Å². The van der Waals surface area contributed by atoms with Crippen LogP contribution in [0.5, 0.6) is 0 Å². The Morgan fingerprint density at radius 3 is 2.41 bits per heavy atom. The minimum atomic E-state index is -5.30. The van der Waals surface area contributed by atoms with E-state index in [4.69, 9.17) is 0 Å². The van der Waals surface area contributed by atoms with E-state index >= 15 is 0 Å². The SMILES string of the molecule is COC(=O)[C@@H](NC=O)[C@@](O)(C#Cc1ccccc1)C(F)(F)F. The normalized spacial score (nSPS) is 14.8. The number of hydrogen-bond donors (Lipinski definition) is 2. The first-order chi connectivity index (χ1) is 10.3. The van der Waals surface area contributed by atoms with E-state index in [9.17, 15) is 27.9 Å². The van der Waals surface area contributed by atoms with Crippen molar-refractivity contribution in [1.82, 2.24) is 5.32 Å². The smallest absolute Gasteiger partial charge is 0.431 e. The minimum absolute atomic E-state index is 0.150. The Balaban J connectivity index is 3.34. The van der Waals surface area contributed by atoms with Gasteiger partial charge in [0.1, 0.15) is 0 Å². The summed E-state index contributed by atoms with van der Waals surface area (Å²) in [6.45, 7) is 0. The van der Waals surface area contributed by atoms with Crippen LogP contribution in [-0.2, 0) is 14.3 Å². The number of halogens is 3. The molecule has 0 fully saturated rings. The van der Waals surface area contributed by atoms with E-state index in [1.807, 2.05) is 0 Å². The Hall–Kier alpha value is -2.53. The van der Waals surface area contributed by atoms with Gasteiger partial charge in [-0.05, 0) is 12.1 Å². The van der Waals surface area contributed by atoms with Crippen molar-refractivity contribution in [1.29, 1.82) is 0 Å². The lowest BCUT2D eigenvalue weighted by atomic mass is 9.93. The third-order valence-electron chi connectivity index (χ3n) is 2.69. The third kappa shape index (κ3) is 3.77. The molecule has 1 aromatic rings. The predicted molar refractivity (Wildman–Crippen MR) is 69.3 cm³/mol. The second-order valence-corrected chi connectivity index (χ2v) is 4.12. The van der Waals surface area contributed by atoms with Crippen LogP contribution in [0.4, 0.5) is 13.2 Å². The topological polar surface area (TPSA) is 75.6 Å². The molecule has 0 aliphatic rings. The molecule has 2 atom stereocenters. The van der Waals surface area contributed by atoms with Gasteiger partial charge in [-0.2, -0.15) is 13.2 Å². The Morgan fingerprint density at radius 1 is 1.36 bits per heavy atom. The van der Waals surface area contributed by atoms with E-state index in [0.717, 1.165) is 7.11 Å². The van der Waals surface area contributed by atoms with Crippen LogP contribution >= 0.6 is 0 Å². The molecule has 1 aromatic carbocycles. The lowest BCUT2D eigenvalue weighted by molar-refractivity contribution is -0.246. The second kappa shape index (κ2) is 6.95. The highest BCUT2D eigenvalue weighted by Gasteiger charge is 2.61. The average Bonchev–Trinajstić information content (AvgIpc) is 2.49. The first-order valence-corrected chi connectivity index (χ1v) is 5.91. The van der Waals surface area contributed by atoms with Gasteiger partial charge in [-0.3, -0.25) is 4.79 Å². The molecule has 0 radical (unpaired) electrons. The second-order valence-electron chi connectivity index (χ2n) is 4.12. The molecule has 0 heterocycles. The van der Waals surface area contributed by atoms with Crippen LogP contribution in [0.25, 0.3) is 0 Å². The molecule has 0 aromatic heterocycles. The zero-order chi connectivity index (χ0) is 16.8. The monoisotopic (exact) mass is 315 g/mol. The molecular formula is C14H12F3NO4. The van der Waals surface area contributed by atoms with E-state index in [0.29, 0.717) is 0 Å². The van der Waals surface area contributed by atoms with Gasteiger partial charge in [-0.15, -0.1) is 0 Å². The Labute approximate surface area is 124 Å². The Bertz CT molecular complexity index is 592. The maximum atomic E-state index is 13.2. The Kier molecular flexibility index (Phi) is 5.54. The summed E-state index contributed by atoms with van der Waals surface area (Å²) < 4.78 is 43.7. The number of carbonyl (C=O) groups excluding carboxylic acids is 2. The molecule has 0 saturated carbocycles. The van der Waals surface area contributed by atoms with Gasteiger partial charge in [0.15, 0.2) is 6.04 Å². The molecule has 1 rings (SSSR count). The summed E-state index contributed by atoms with van der Waals surface area (Å²) in [5.74, 6) is 2.26. The molecule has 0 unspecified atom stereocenters. The van der Waals surface area contributed by atoms with Gasteiger partial charge in [0.05, 0.1) is 7.11 Å². The zero-order valence-electron chi connectivity index (χ0n) is 11.3. The predicted octanol–water partition coefficient (Wildman–Crippen LogP) is 0.619. The molecule has 2 N–H and O–H groups in total. The zero-order valence-corrected chi connectivity index (χ0v) is 11.3. The van der Waals surface area contributed by atoms with E-state index < -0.39 is 23.8 Å². The highest BCUT2D eigenvalue weighted by molar-refractivity contribution is 5.81. The number of ether oxygens (including phenoxy) is 1. The van der Waals surface area contributed by atoms with Gasteiger partial charge < -0.3 is 15.2 Å². The highest BCUT2D eigenvalue weighted by Crippen LogP contribution is 2.33. The summed E-state index contributed by atoms with van der Waals surface area (Å²) in [5.41, 5.74) is -3.60. The van der Waals surface area contributed by atoms with Crippen molar-refractivity contribution in [2.24, 2.45) is 0 Å². The summed E-state index contributed by atoms with van der Waals surface area (Å²) in [6.07, 6.45) is -5.45. The number of carbonyl (C=O) groups is 2. The molecule has 0 saturated heterocycles. The van der Waals surface area contributed by atoms with Crippen LogP contribution in [0.2, 0.25) is 0 Å². The van der Waals surface area contributed by atoms with Crippen LogP contribution in [-0.4, -0.2) is 42.4 Å². The molecule has 0 spiro atoms. The summed E-state index contributed by atoms with van der Waals surface area (Å²) in [4.78, 5) is 21.9. The van der Waals surface area contributed by atoms with Crippen molar-refractivity contribution in [2.75, 3.05) is 7.11 Å². The van der Waals surface area contributed by atoms with Gasteiger partial charge in [-0.25, -0.2) is 4.79 Å². The maximum absolute atomic E-state index is 13.2. The van der Waals surface area contributed by atoms with Crippen molar-refractivity contribution in [3.05, 3.63) is 35.9 Å². The number of alkyl halides is 3. The molecule has 5 nitrogen and oxygen atoms in total. The molecular weight excluding hydrogens is 303 g/mol. The van der Waals surface area contributed by atoms with Gasteiger partial charge in [0.25, 0.3) is 5.60 Å². The quantitative estimate of drug-likeness (QED) is 0.485. The van der Waals surface area contributed by atoms with E-state index in [1.54, 1.807) is 17.3 Å². The summed E-state index contributed by atoms with van der Waals surface area (Å²) >= 11 is 0. The number of methoxy groups -OCH3 is 1. The number of amides is 1. The van der Waals surface area contributed by atoms with E-state index in [-0.39, 0.29) is 12.0 Å². The first-order valence-electron chi connectivity index (χ1n) is 5.91. The molecule has 8 heteroatoms. The fourth-order valence-corrected chi connectivity index (χ4v) is 1.54. The van der Waals surface area contributed by atoms with Crippen molar-refractivity contribution in [3.63, 3.8) is 0 Å². The van der Waals surface area contributed by atoms with Crippen molar-refractivity contribution < 1.29 is 32.6 Å². The van der Waals surface area contributed by atoms with Crippen LogP contribution in [0.1, 0.15) is 5.56 Å². The number of aliphatic hydroxyl groups is 1. The third-order valence-corrected chi connectivity index (χ3v) is 2.69. The number of benzene rings is 1. The molecule has 118 valence electrons. The Morgan fingerprint density at radius 2 is 1.95 bits per heavy atom. The standard InChI is InChI=1S/C14H12F3NO4/c1-22-12(20)11(18-9-19)13(21,14(15,16)17)8-7-10-5-3-2-4-6-10/h2-6,9,11,21H,1H3,(H,18,19)/t11-,13+/m1/s1. The minimum Gasteiger partial charge on any atom is -0.467 e. The van der Waals surface area contributed by atoms with Crippen molar-refractivity contribution in [3.8, 4) is 11.8 Å². The average molecular weight is 315 g/mol. The summed E-state index contributed by atoms with van der Waals surface area (Å²) in [7, 11) is 0.823. The number of nitrogens with one attached hydrogen (secondary N) is 1. The fraction of sp³-hybridized carbons (Fsp3) is 0.286. The van der Waals surface area contributed by atoms with E-state index in [1.165, 1.54) is 24.3 Å². The van der Waals surface area contributed by atoms with Crippen LogP contribution in [0, 0.1) is 11.8 Å². The van der Waals surface area contributed by atoms with Gasteiger partial charge in [0, 0.05) is 5.56 Å². The first kappa shape index (κ1) is 17.5. The maximum Gasteiger partial charge on any atom is 0.431 e. The molecule has 0 aliphatic carbocycles. The van der Waals surface area contributed by atoms with Crippen molar-refractivity contribution in [2.45, 2.75) is 17.8 Å². The van der Waals surface area contributed by atoms with E-state index in [2.05, 4.69) is 10.7 Å².